The Morgan fingerprint density at radius 2 is 1.95 bits per heavy atom. The van der Waals surface area contributed by atoms with Crippen LogP contribution in [0.2, 0.25) is 0 Å². The smallest absolute Gasteiger partial charge is 0.119 e. The molecular formula is C17H25N3O. The molecule has 0 fully saturated rings. The average molecular weight is 287 g/mol. The number of hydrogen-bond acceptors (Lipinski definition) is 3. The van der Waals surface area contributed by atoms with Crippen molar-refractivity contribution in [1.82, 2.24) is 15.1 Å². The first kappa shape index (κ1) is 15.6. The summed E-state index contributed by atoms with van der Waals surface area (Å²) in [6, 6.07) is 8.69. The van der Waals surface area contributed by atoms with E-state index in [4.69, 9.17) is 4.74 Å². The zero-order valence-corrected chi connectivity index (χ0v) is 13.3. The summed E-state index contributed by atoms with van der Waals surface area (Å²) in [7, 11) is 0. The van der Waals surface area contributed by atoms with Gasteiger partial charge >= 0.3 is 0 Å². The summed E-state index contributed by atoms with van der Waals surface area (Å²) < 4.78 is 7.75. The fourth-order valence-electron chi connectivity index (χ4n) is 2.20. The summed E-state index contributed by atoms with van der Waals surface area (Å²) in [5.74, 6) is 0.917. The van der Waals surface area contributed by atoms with Gasteiger partial charge in [-0.3, -0.25) is 4.68 Å². The molecule has 1 aromatic carbocycles. The van der Waals surface area contributed by atoms with Crippen molar-refractivity contribution in [3.63, 3.8) is 0 Å². The molecule has 4 heteroatoms. The third-order valence-electron chi connectivity index (χ3n) is 3.53. The van der Waals surface area contributed by atoms with Crippen LogP contribution < -0.4 is 10.1 Å². The van der Waals surface area contributed by atoms with Gasteiger partial charge in [-0.1, -0.05) is 17.7 Å². The fraction of sp³-hybridized carbons (Fsp3) is 0.471. The first-order chi connectivity index (χ1) is 10.1. The first-order valence-corrected chi connectivity index (χ1v) is 7.56. The van der Waals surface area contributed by atoms with Gasteiger partial charge in [0.2, 0.25) is 0 Å². The Balaban J connectivity index is 1.80. The van der Waals surface area contributed by atoms with Crippen molar-refractivity contribution in [3.8, 4) is 5.75 Å². The van der Waals surface area contributed by atoms with E-state index in [0.717, 1.165) is 12.3 Å². The number of hydrogen-bond donors (Lipinski definition) is 1. The zero-order valence-electron chi connectivity index (χ0n) is 13.3. The number of rotatable bonds is 7. The van der Waals surface area contributed by atoms with Crippen LogP contribution in [-0.4, -0.2) is 22.4 Å². The van der Waals surface area contributed by atoms with E-state index in [9.17, 15) is 0 Å². The SMILES string of the molecule is CCn1cc(C(C)NC(C)COc2ccc(C)cc2)cn1. The predicted molar refractivity (Wildman–Crippen MR) is 85.6 cm³/mol. The second-order valence-electron chi connectivity index (χ2n) is 5.54. The number of benzene rings is 1. The van der Waals surface area contributed by atoms with Gasteiger partial charge in [-0.2, -0.15) is 5.10 Å². The molecule has 0 saturated heterocycles. The molecule has 2 unspecified atom stereocenters. The topological polar surface area (TPSA) is 39.1 Å². The predicted octanol–water partition coefficient (Wildman–Crippen LogP) is 3.33. The Morgan fingerprint density at radius 1 is 1.24 bits per heavy atom. The largest absolute Gasteiger partial charge is 0.492 e. The Kier molecular flexibility index (Phi) is 5.39. The van der Waals surface area contributed by atoms with Crippen LogP contribution >= 0.6 is 0 Å². The summed E-state index contributed by atoms with van der Waals surface area (Å²) in [5.41, 5.74) is 2.45. The maximum absolute atomic E-state index is 5.80. The van der Waals surface area contributed by atoms with Crippen LogP contribution in [0.4, 0.5) is 0 Å². The summed E-state index contributed by atoms with van der Waals surface area (Å²) in [4.78, 5) is 0. The zero-order chi connectivity index (χ0) is 15.2. The minimum absolute atomic E-state index is 0.266. The van der Waals surface area contributed by atoms with E-state index in [1.807, 2.05) is 23.0 Å². The van der Waals surface area contributed by atoms with Gasteiger partial charge in [0.1, 0.15) is 12.4 Å². The van der Waals surface area contributed by atoms with Crippen LogP contribution in [0.5, 0.6) is 5.75 Å². The van der Waals surface area contributed by atoms with Gasteiger partial charge in [0.05, 0.1) is 6.20 Å². The van der Waals surface area contributed by atoms with E-state index >= 15 is 0 Å². The van der Waals surface area contributed by atoms with Gasteiger partial charge < -0.3 is 10.1 Å². The van der Waals surface area contributed by atoms with Crippen LogP contribution in [0.25, 0.3) is 0 Å². The molecule has 21 heavy (non-hydrogen) atoms. The highest BCUT2D eigenvalue weighted by molar-refractivity contribution is 5.26. The van der Waals surface area contributed by atoms with E-state index in [1.165, 1.54) is 11.1 Å². The lowest BCUT2D eigenvalue weighted by Gasteiger charge is -2.19. The highest BCUT2D eigenvalue weighted by Crippen LogP contribution is 2.14. The van der Waals surface area contributed by atoms with Gasteiger partial charge in [0, 0.05) is 30.4 Å². The fourth-order valence-corrected chi connectivity index (χ4v) is 2.20. The van der Waals surface area contributed by atoms with E-state index in [0.29, 0.717) is 6.61 Å². The van der Waals surface area contributed by atoms with Crippen molar-refractivity contribution < 1.29 is 4.74 Å². The Hall–Kier alpha value is -1.81. The van der Waals surface area contributed by atoms with Gasteiger partial charge in [0.25, 0.3) is 0 Å². The van der Waals surface area contributed by atoms with Crippen molar-refractivity contribution in [2.45, 2.75) is 46.3 Å². The Bertz CT molecular complexity index is 547. The van der Waals surface area contributed by atoms with Crippen LogP contribution in [0.1, 0.15) is 37.9 Å². The van der Waals surface area contributed by atoms with Crippen LogP contribution in [0.15, 0.2) is 36.7 Å². The van der Waals surface area contributed by atoms with Crippen molar-refractivity contribution >= 4 is 0 Å². The lowest BCUT2D eigenvalue weighted by molar-refractivity contribution is 0.264. The van der Waals surface area contributed by atoms with Crippen LogP contribution in [0.3, 0.4) is 0 Å². The molecule has 1 aromatic heterocycles. The molecular weight excluding hydrogens is 262 g/mol. The molecule has 0 bridgehead atoms. The molecule has 0 aliphatic heterocycles. The van der Waals surface area contributed by atoms with Crippen molar-refractivity contribution in [1.29, 1.82) is 0 Å². The average Bonchev–Trinajstić information content (AvgIpc) is 2.96. The number of aryl methyl sites for hydroxylation is 2. The Labute approximate surface area is 127 Å². The lowest BCUT2D eigenvalue weighted by Crippen LogP contribution is -2.33. The standard InChI is InChI=1S/C17H25N3O/c1-5-20-11-16(10-18-20)15(4)19-14(3)12-21-17-8-6-13(2)7-9-17/h6-11,14-15,19H,5,12H2,1-4H3. The minimum Gasteiger partial charge on any atom is -0.492 e. The molecule has 0 radical (unpaired) electrons. The summed E-state index contributed by atoms with van der Waals surface area (Å²) in [5, 5.41) is 7.85. The maximum Gasteiger partial charge on any atom is 0.119 e. The first-order valence-electron chi connectivity index (χ1n) is 7.56. The monoisotopic (exact) mass is 287 g/mol. The second kappa shape index (κ2) is 7.27. The van der Waals surface area contributed by atoms with Crippen LogP contribution in [0, 0.1) is 6.92 Å². The Morgan fingerprint density at radius 3 is 2.57 bits per heavy atom. The third-order valence-corrected chi connectivity index (χ3v) is 3.53. The van der Waals surface area contributed by atoms with E-state index < -0.39 is 0 Å². The molecule has 4 nitrogen and oxygen atoms in total. The van der Waals surface area contributed by atoms with Gasteiger partial charge in [0.15, 0.2) is 0 Å². The van der Waals surface area contributed by atoms with Crippen molar-refractivity contribution in [2.75, 3.05) is 6.61 Å². The summed E-state index contributed by atoms with van der Waals surface area (Å²) >= 11 is 0. The number of nitrogens with one attached hydrogen (secondary N) is 1. The van der Waals surface area contributed by atoms with E-state index in [1.54, 1.807) is 0 Å². The maximum atomic E-state index is 5.80. The third kappa shape index (κ3) is 4.60. The van der Waals surface area contributed by atoms with Gasteiger partial charge in [-0.15, -0.1) is 0 Å². The van der Waals surface area contributed by atoms with E-state index in [-0.39, 0.29) is 12.1 Å². The molecule has 1 N–H and O–H groups in total. The highest BCUT2D eigenvalue weighted by atomic mass is 16.5. The number of ether oxygens (including phenoxy) is 1. The van der Waals surface area contributed by atoms with Crippen molar-refractivity contribution in [2.24, 2.45) is 0 Å². The minimum atomic E-state index is 0.266. The number of nitrogens with zero attached hydrogens (tertiary/aromatic N) is 2. The molecule has 0 amide bonds. The molecule has 2 rings (SSSR count). The summed E-state index contributed by atoms with van der Waals surface area (Å²) in [6.45, 7) is 10.0. The molecule has 2 atom stereocenters. The van der Waals surface area contributed by atoms with Crippen molar-refractivity contribution in [3.05, 3.63) is 47.8 Å². The normalized spacial score (nSPS) is 13.9. The molecule has 0 saturated carbocycles. The molecule has 0 spiro atoms. The lowest BCUT2D eigenvalue weighted by atomic mass is 10.1. The molecule has 0 aliphatic carbocycles. The summed E-state index contributed by atoms with van der Waals surface area (Å²) in [6.07, 6.45) is 4.01. The van der Waals surface area contributed by atoms with Gasteiger partial charge in [-0.05, 0) is 39.8 Å². The quantitative estimate of drug-likeness (QED) is 0.849. The molecule has 114 valence electrons. The second-order valence-corrected chi connectivity index (χ2v) is 5.54. The molecule has 0 aliphatic rings. The molecule has 2 aromatic rings. The number of aromatic nitrogens is 2. The van der Waals surface area contributed by atoms with E-state index in [2.05, 4.69) is 56.4 Å². The van der Waals surface area contributed by atoms with Crippen LogP contribution in [-0.2, 0) is 6.54 Å². The van der Waals surface area contributed by atoms with Gasteiger partial charge in [-0.25, -0.2) is 0 Å². The highest BCUT2D eigenvalue weighted by Gasteiger charge is 2.11. The molecule has 1 heterocycles.